The number of aromatic nitrogens is 1. The second-order valence-electron chi connectivity index (χ2n) is 7.14. The Kier molecular flexibility index (Phi) is 7.02. The lowest BCUT2D eigenvalue weighted by Gasteiger charge is -2.17. The van der Waals surface area contributed by atoms with E-state index in [1.807, 2.05) is 37.3 Å². The van der Waals surface area contributed by atoms with Crippen molar-refractivity contribution < 1.29 is 9.59 Å². The van der Waals surface area contributed by atoms with Gasteiger partial charge in [0.2, 0.25) is 0 Å². The van der Waals surface area contributed by atoms with Crippen LogP contribution in [0, 0.1) is 6.92 Å². The molecule has 2 heterocycles. The predicted molar refractivity (Wildman–Crippen MR) is 115 cm³/mol. The number of amides is 4. The molecule has 1 fully saturated rings. The van der Waals surface area contributed by atoms with Gasteiger partial charge in [0.15, 0.2) is 0 Å². The molecular formula is C21H28N6O2. The summed E-state index contributed by atoms with van der Waals surface area (Å²) in [4.78, 5) is 30.7. The van der Waals surface area contributed by atoms with Gasteiger partial charge in [-0.25, -0.2) is 9.59 Å². The Bertz CT molecular complexity index is 885. The number of carbonyl (C=O) groups excluding carboxylic acids is 2. The lowest BCUT2D eigenvalue weighted by atomic mass is 10.1. The summed E-state index contributed by atoms with van der Waals surface area (Å²) in [6, 6.07) is 9.32. The van der Waals surface area contributed by atoms with Crippen molar-refractivity contribution in [2.45, 2.75) is 19.4 Å². The number of likely N-dealkylation sites (tertiary alicyclic amines) is 1. The standard InChI is InChI=1S/C21H28N6O2/c1-3-9-22-20(28)25-16-8-11-27(14-16)12-10-23-21(29)26-19-13-15(2)24-18-7-5-4-6-17(18)19/h3-7,13,16H,1,8-12,14H2,2H3,(H2,22,25,28)(H2,23,24,26,29). The van der Waals surface area contributed by atoms with Gasteiger partial charge in [-0.1, -0.05) is 24.3 Å². The molecule has 154 valence electrons. The van der Waals surface area contributed by atoms with Gasteiger partial charge >= 0.3 is 12.1 Å². The van der Waals surface area contributed by atoms with Crippen LogP contribution in [0.4, 0.5) is 15.3 Å². The van der Waals surface area contributed by atoms with E-state index in [2.05, 4.69) is 37.7 Å². The van der Waals surface area contributed by atoms with Gasteiger partial charge in [-0.05, 0) is 25.5 Å². The van der Waals surface area contributed by atoms with Crippen LogP contribution in [0.2, 0.25) is 0 Å². The second-order valence-corrected chi connectivity index (χ2v) is 7.14. The maximum atomic E-state index is 12.3. The quantitative estimate of drug-likeness (QED) is 0.540. The van der Waals surface area contributed by atoms with E-state index < -0.39 is 0 Å². The van der Waals surface area contributed by atoms with Crippen molar-refractivity contribution in [3.05, 3.63) is 48.7 Å². The first kappa shape index (κ1) is 20.6. The SMILES string of the molecule is C=CCNC(=O)NC1CCN(CCNC(=O)Nc2cc(C)nc3ccccc23)C1. The molecule has 4 amide bonds. The largest absolute Gasteiger partial charge is 0.337 e. The number of pyridine rings is 1. The highest BCUT2D eigenvalue weighted by Gasteiger charge is 2.23. The van der Waals surface area contributed by atoms with Crippen LogP contribution in [0.5, 0.6) is 0 Å². The van der Waals surface area contributed by atoms with Crippen LogP contribution < -0.4 is 21.3 Å². The third-order valence-electron chi connectivity index (χ3n) is 4.82. The molecule has 8 heteroatoms. The van der Waals surface area contributed by atoms with Crippen LogP contribution in [0.3, 0.4) is 0 Å². The molecule has 0 bridgehead atoms. The minimum atomic E-state index is -0.238. The third kappa shape index (κ3) is 5.92. The zero-order valence-corrected chi connectivity index (χ0v) is 16.7. The van der Waals surface area contributed by atoms with Gasteiger partial charge in [-0.2, -0.15) is 0 Å². The number of hydrogen-bond acceptors (Lipinski definition) is 4. The molecule has 1 aliphatic heterocycles. The number of rotatable bonds is 7. The Labute approximate surface area is 170 Å². The van der Waals surface area contributed by atoms with E-state index >= 15 is 0 Å². The molecule has 0 saturated carbocycles. The van der Waals surface area contributed by atoms with E-state index in [4.69, 9.17) is 0 Å². The first-order valence-corrected chi connectivity index (χ1v) is 9.84. The molecule has 1 unspecified atom stereocenters. The molecule has 4 N–H and O–H groups in total. The van der Waals surface area contributed by atoms with Gasteiger partial charge in [0.05, 0.1) is 11.2 Å². The molecule has 3 rings (SSSR count). The zero-order valence-electron chi connectivity index (χ0n) is 16.7. The van der Waals surface area contributed by atoms with E-state index in [0.29, 0.717) is 13.1 Å². The number of para-hydroxylation sites is 1. The number of anilines is 1. The number of benzene rings is 1. The summed E-state index contributed by atoms with van der Waals surface area (Å²) in [7, 11) is 0. The highest BCUT2D eigenvalue weighted by molar-refractivity contribution is 6.00. The lowest BCUT2D eigenvalue weighted by molar-refractivity contribution is 0.237. The molecule has 0 aliphatic carbocycles. The number of urea groups is 2. The monoisotopic (exact) mass is 396 g/mol. The van der Waals surface area contributed by atoms with Crippen LogP contribution in [0.25, 0.3) is 10.9 Å². The molecule has 0 radical (unpaired) electrons. The average molecular weight is 396 g/mol. The number of fused-ring (bicyclic) bond motifs is 1. The topological polar surface area (TPSA) is 98.4 Å². The van der Waals surface area contributed by atoms with Gasteiger partial charge in [0.1, 0.15) is 0 Å². The first-order chi connectivity index (χ1) is 14.0. The van der Waals surface area contributed by atoms with Crippen molar-refractivity contribution in [3.8, 4) is 0 Å². The van der Waals surface area contributed by atoms with E-state index in [0.717, 1.165) is 48.3 Å². The Hall–Kier alpha value is -3.13. The Morgan fingerprint density at radius 1 is 1.28 bits per heavy atom. The number of hydrogen-bond donors (Lipinski definition) is 4. The van der Waals surface area contributed by atoms with Crippen molar-refractivity contribution in [2.24, 2.45) is 0 Å². The molecule has 1 atom stereocenters. The van der Waals surface area contributed by atoms with E-state index in [9.17, 15) is 9.59 Å². The minimum absolute atomic E-state index is 0.125. The summed E-state index contributed by atoms with van der Waals surface area (Å²) in [5.41, 5.74) is 2.46. The first-order valence-electron chi connectivity index (χ1n) is 9.84. The fourth-order valence-electron chi connectivity index (χ4n) is 3.46. The van der Waals surface area contributed by atoms with Gasteiger partial charge in [-0.3, -0.25) is 9.88 Å². The predicted octanol–water partition coefficient (Wildman–Crippen LogP) is 2.22. The molecule has 1 aromatic carbocycles. The summed E-state index contributed by atoms with van der Waals surface area (Å²) < 4.78 is 0. The van der Waals surface area contributed by atoms with Crippen molar-refractivity contribution in [1.29, 1.82) is 0 Å². The van der Waals surface area contributed by atoms with Crippen LogP contribution in [-0.4, -0.2) is 60.7 Å². The van der Waals surface area contributed by atoms with Crippen molar-refractivity contribution in [2.75, 3.05) is 38.0 Å². The third-order valence-corrected chi connectivity index (χ3v) is 4.82. The fraction of sp³-hybridized carbons (Fsp3) is 0.381. The van der Waals surface area contributed by atoms with E-state index in [1.54, 1.807) is 6.08 Å². The fourth-order valence-corrected chi connectivity index (χ4v) is 3.46. The number of aryl methyl sites for hydroxylation is 1. The Morgan fingerprint density at radius 2 is 2.10 bits per heavy atom. The van der Waals surface area contributed by atoms with E-state index in [-0.39, 0.29) is 18.1 Å². The van der Waals surface area contributed by atoms with Crippen LogP contribution in [0.15, 0.2) is 43.0 Å². The lowest BCUT2D eigenvalue weighted by Crippen LogP contribution is -2.44. The normalized spacial score (nSPS) is 16.4. The molecule has 1 aromatic heterocycles. The van der Waals surface area contributed by atoms with Crippen LogP contribution in [-0.2, 0) is 0 Å². The maximum absolute atomic E-state index is 12.3. The highest BCUT2D eigenvalue weighted by Crippen LogP contribution is 2.22. The molecule has 8 nitrogen and oxygen atoms in total. The average Bonchev–Trinajstić information content (AvgIpc) is 3.13. The summed E-state index contributed by atoms with van der Waals surface area (Å²) in [5, 5.41) is 12.4. The maximum Gasteiger partial charge on any atom is 0.319 e. The second kappa shape index (κ2) is 9.88. The van der Waals surface area contributed by atoms with Gasteiger partial charge in [-0.15, -0.1) is 6.58 Å². The summed E-state index contributed by atoms with van der Waals surface area (Å²) >= 11 is 0. The molecule has 1 saturated heterocycles. The van der Waals surface area contributed by atoms with Crippen molar-refractivity contribution >= 4 is 28.7 Å². The highest BCUT2D eigenvalue weighted by atomic mass is 16.2. The molecule has 2 aromatic rings. The number of nitrogens with one attached hydrogen (secondary N) is 4. The van der Waals surface area contributed by atoms with Gasteiger partial charge in [0.25, 0.3) is 0 Å². The summed E-state index contributed by atoms with van der Waals surface area (Å²) in [6.07, 6.45) is 2.54. The van der Waals surface area contributed by atoms with E-state index in [1.165, 1.54) is 0 Å². The Balaban J connectivity index is 1.42. The summed E-state index contributed by atoms with van der Waals surface area (Å²) in [5.74, 6) is 0. The Morgan fingerprint density at radius 3 is 2.93 bits per heavy atom. The molecule has 29 heavy (non-hydrogen) atoms. The van der Waals surface area contributed by atoms with Crippen LogP contribution in [0.1, 0.15) is 12.1 Å². The summed E-state index contributed by atoms with van der Waals surface area (Å²) in [6.45, 7) is 8.87. The number of nitrogens with zero attached hydrogens (tertiary/aromatic N) is 2. The minimum Gasteiger partial charge on any atom is -0.337 e. The van der Waals surface area contributed by atoms with Crippen LogP contribution >= 0.6 is 0 Å². The van der Waals surface area contributed by atoms with Crippen molar-refractivity contribution in [1.82, 2.24) is 25.8 Å². The van der Waals surface area contributed by atoms with Gasteiger partial charge in [0, 0.05) is 49.8 Å². The molecular weight excluding hydrogens is 368 g/mol. The molecule has 0 spiro atoms. The molecule has 1 aliphatic rings. The van der Waals surface area contributed by atoms with Crippen molar-refractivity contribution in [3.63, 3.8) is 0 Å². The number of carbonyl (C=O) groups is 2. The van der Waals surface area contributed by atoms with Gasteiger partial charge < -0.3 is 21.3 Å². The zero-order chi connectivity index (χ0) is 20.6. The smallest absolute Gasteiger partial charge is 0.319 e.